The molecule has 0 radical (unpaired) electrons. The first-order valence-corrected chi connectivity index (χ1v) is 3.13. The van der Waals surface area contributed by atoms with E-state index < -0.39 is 0 Å². The maximum atomic E-state index is 5.03. The summed E-state index contributed by atoms with van der Waals surface area (Å²) >= 11 is 0. The lowest BCUT2D eigenvalue weighted by molar-refractivity contribution is 0.308. The lowest BCUT2D eigenvalue weighted by Crippen LogP contribution is -2.11. The Morgan fingerprint density at radius 1 is 1.56 bits per heavy atom. The maximum absolute atomic E-state index is 5.03. The average Bonchev–Trinajstić information content (AvgIpc) is 2.45. The van der Waals surface area contributed by atoms with Gasteiger partial charge in [-0.15, -0.1) is 0 Å². The zero-order chi connectivity index (χ0) is 6.85. The number of methoxy groups -OCH3 is 1. The van der Waals surface area contributed by atoms with Crippen molar-refractivity contribution in [3.05, 3.63) is 11.3 Å². The van der Waals surface area contributed by atoms with Crippen LogP contribution in [0.5, 0.6) is 0 Å². The highest BCUT2D eigenvalue weighted by atomic mass is 16.5. The van der Waals surface area contributed by atoms with Gasteiger partial charge in [-0.1, -0.05) is 0 Å². The molecule has 1 aliphatic carbocycles. The highest BCUT2D eigenvalue weighted by Crippen LogP contribution is 2.30. The second-order valence-electron chi connectivity index (χ2n) is 2.65. The van der Waals surface area contributed by atoms with Crippen molar-refractivity contribution in [2.75, 3.05) is 27.7 Å². The van der Waals surface area contributed by atoms with Crippen molar-refractivity contribution >= 4 is 0 Å². The molecule has 0 heterocycles. The summed E-state index contributed by atoms with van der Waals surface area (Å²) in [7, 11) is 5.87. The Morgan fingerprint density at radius 2 is 2.22 bits per heavy atom. The number of hydrogen-bond donors (Lipinski definition) is 0. The van der Waals surface area contributed by atoms with Crippen molar-refractivity contribution in [1.82, 2.24) is 4.90 Å². The summed E-state index contributed by atoms with van der Waals surface area (Å²) in [5, 5.41) is 0. The molecule has 0 amide bonds. The van der Waals surface area contributed by atoms with Crippen LogP contribution in [-0.2, 0) is 4.74 Å². The van der Waals surface area contributed by atoms with E-state index in [1.165, 1.54) is 11.3 Å². The van der Waals surface area contributed by atoms with E-state index >= 15 is 0 Å². The summed E-state index contributed by atoms with van der Waals surface area (Å²) in [4.78, 5) is 2.15. The molecule has 0 aromatic heterocycles. The summed E-state index contributed by atoms with van der Waals surface area (Å²) in [5.74, 6) is 1.18. The van der Waals surface area contributed by atoms with Crippen molar-refractivity contribution in [3.8, 4) is 0 Å². The fraction of sp³-hybridized carbons (Fsp3) is 0.714. The second kappa shape index (κ2) is 2.40. The third kappa shape index (κ3) is 1.72. The highest BCUT2D eigenvalue weighted by Gasteiger charge is 2.21. The molecule has 0 fully saturated rings. The summed E-state index contributed by atoms with van der Waals surface area (Å²) in [5.41, 5.74) is 1.45. The Morgan fingerprint density at radius 3 is 2.56 bits per heavy atom. The molecule has 0 aromatic rings. The predicted molar refractivity (Wildman–Crippen MR) is 37.2 cm³/mol. The molecule has 0 unspecified atom stereocenters. The van der Waals surface area contributed by atoms with Gasteiger partial charge in [0.25, 0.3) is 0 Å². The summed E-state index contributed by atoms with van der Waals surface area (Å²) in [6.45, 7) is 1.06. The van der Waals surface area contributed by atoms with Gasteiger partial charge < -0.3 is 9.64 Å². The Hall–Kier alpha value is -0.500. The van der Waals surface area contributed by atoms with E-state index in [0.717, 1.165) is 13.0 Å². The first-order valence-electron chi connectivity index (χ1n) is 3.13. The van der Waals surface area contributed by atoms with Crippen LogP contribution in [0.1, 0.15) is 6.42 Å². The molecule has 0 atom stereocenters. The van der Waals surface area contributed by atoms with E-state index in [1.807, 2.05) is 0 Å². The lowest BCUT2D eigenvalue weighted by atomic mass is 10.5. The molecular weight excluding hydrogens is 114 g/mol. The number of allylic oxidation sites excluding steroid dienone is 1. The molecule has 0 saturated heterocycles. The van der Waals surface area contributed by atoms with Crippen LogP contribution in [0.4, 0.5) is 0 Å². The minimum absolute atomic E-state index is 1.06. The van der Waals surface area contributed by atoms with Gasteiger partial charge in [-0.25, -0.2) is 0 Å². The van der Waals surface area contributed by atoms with Gasteiger partial charge in [0.15, 0.2) is 0 Å². The zero-order valence-corrected chi connectivity index (χ0v) is 6.27. The molecular formula is C7H13NO. The standard InChI is InChI=1S/C7H13NO/c1-8(2)5-6-4-7(6)9-3/h4-5H2,1-3H3. The highest BCUT2D eigenvalue weighted by molar-refractivity contribution is 5.30. The molecule has 9 heavy (non-hydrogen) atoms. The normalized spacial score (nSPS) is 16.9. The van der Waals surface area contributed by atoms with Crippen molar-refractivity contribution in [3.63, 3.8) is 0 Å². The van der Waals surface area contributed by atoms with E-state index in [2.05, 4.69) is 19.0 Å². The smallest absolute Gasteiger partial charge is 0.101 e. The van der Waals surface area contributed by atoms with Crippen LogP contribution in [0.25, 0.3) is 0 Å². The third-order valence-corrected chi connectivity index (χ3v) is 1.40. The first-order chi connectivity index (χ1) is 4.24. The van der Waals surface area contributed by atoms with Crippen LogP contribution in [0.3, 0.4) is 0 Å². The van der Waals surface area contributed by atoms with Gasteiger partial charge in [-0.05, 0) is 19.7 Å². The monoisotopic (exact) mass is 127 g/mol. The number of likely N-dealkylation sites (N-methyl/N-ethyl adjacent to an activating group) is 1. The maximum Gasteiger partial charge on any atom is 0.101 e. The SMILES string of the molecule is COC1=C(CN(C)C)C1. The van der Waals surface area contributed by atoms with Crippen molar-refractivity contribution in [2.24, 2.45) is 0 Å². The molecule has 0 N–H and O–H groups in total. The number of hydrogen-bond acceptors (Lipinski definition) is 2. The van der Waals surface area contributed by atoms with Crippen LogP contribution >= 0.6 is 0 Å². The van der Waals surface area contributed by atoms with E-state index in [1.54, 1.807) is 7.11 Å². The Bertz CT molecular complexity index is 138. The van der Waals surface area contributed by atoms with Crippen LogP contribution in [0, 0.1) is 0 Å². The number of rotatable bonds is 3. The molecule has 1 rings (SSSR count). The van der Waals surface area contributed by atoms with Crippen LogP contribution in [0.15, 0.2) is 11.3 Å². The molecule has 0 bridgehead atoms. The van der Waals surface area contributed by atoms with E-state index in [-0.39, 0.29) is 0 Å². The van der Waals surface area contributed by atoms with Gasteiger partial charge in [0.1, 0.15) is 5.76 Å². The fourth-order valence-electron chi connectivity index (χ4n) is 0.892. The topological polar surface area (TPSA) is 12.5 Å². The van der Waals surface area contributed by atoms with Gasteiger partial charge in [0.05, 0.1) is 7.11 Å². The van der Waals surface area contributed by atoms with Crippen molar-refractivity contribution in [1.29, 1.82) is 0 Å². The molecule has 2 nitrogen and oxygen atoms in total. The summed E-state index contributed by atoms with van der Waals surface area (Å²) in [6, 6.07) is 0. The minimum atomic E-state index is 1.06. The van der Waals surface area contributed by atoms with Gasteiger partial charge in [0, 0.05) is 13.0 Å². The third-order valence-electron chi connectivity index (χ3n) is 1.40. The Balaban J connectivity index is 2.24. The average molecular weight is 127 g/mol. The van der Waals surface area contributed by atoms with E-state index in [4.69, 9.17) is 4.74 Å². The predicted octanol–water partition coefficient (Wildman–Crippen LogP) is 0.852. The first kappa shape index (κ1) is 6.62. The Kier molecular flexibility index (Phi) is 1.76. The van der Waals surface area contributed by atoms with Crippen LogP contribution in [-0.4, -0.2) is 32.6 Å². The molecule has 0 spiro atoms. The second-order valence-corrected chi connectivity index (χ2v) is 2.65. The summed E-state index contributed by atoms with van der Waals surface area (Å²) < 4.78 is 5.03. The van der Waals surface area contributed by atoms with E-state index in [0.29, 0.717) is 0 Å². The molecule has 0 aliphatic heterocycles. The number of ether oxygens (including phenoxy) is 1. The van der Waals surface area contributed by atoms with Crippen molar-refractivity contribution < 1.29 is 4.74 Å². The molecule has 1 aliphatic rings. The van der Waals surface area contributed by atoms with Gasteiger partial charge in [0.2, 0.25) is 0 Å². The van der Waals surface area contributed by atoms with Gasteiger partial charge >= 0.3 is 0 Å². The molecule has 2 heteroatoms. The molecule has 52 valence electrons. The minimum Gasteiger partial charge on any atom is -0.501 e. The molecule has 0 saturated carbocycles. The lowest BCUT2D eigenvalue weighted by Gasteiger charge is -2.03. The Labute approximate surface area is 56.1 Å². The molecule has 0 aromatic carbocycles. The van der Waals surface area contributed by atoms with Crippen LogP contribution < -0.4 is 0 Å². The largest absolute Gasteiger partial charge is 0.501 e. The number of nitrogens with zero attached hydrogens (tertiary/aromatic N) is 1. The zero-order valence-electron chi connectivity index (χ0n) is 6.27. The van der Waals surface area contributed by atoms with Crippen molar-refractivity contribution in [2.45, 2.75) is 6.42 Å². The van der Waals surface area contributed by atoms with Gasteiger partial charge in [-0.2, -0.15) is 0 Å². The van der Waals surface area contributed by atoms with E-state index in [9.17, 15) is 0 Å². The van der Waals surface area contributed by atoms with Crippen LogP contribution in [0.2, 0.25) is 0 Å². The fourth-order valence-corrected chi connectivity index (χ4v) is 0.892. The summed E-state index contributed by atoms with van der Waals surface area (Å²) in [6.07, 6.45) is 1.09. The van der Waals surface area contributed by atoms with Gasteiger partial charge in [-0.3, -0.25) is 0 Å². The quantitative estimate of drug-likeness (QED) is 0.557.